The summed E-state index contributed by atoms with van der Waals surface area (Å²) < 4.78 is 11.3. The third-order valence-corrected chi connectivity index (χ3v) is 0.559. The average molecular weight is 105 g/mol. The molecule has 1 rings (SSSR count). The lowest BCUT2D eigenvalue weighted by atomic mass is 10.4. The molecule has 0 aromatic heterocycles. The predicted octanol–water partition coefficient (Wildman–Crippen LogP) is -0.598. The zero-order valence-corrected chi connectivity index (χ0v) is 3.39. The van der Waals surface area contributed by atoms with E-state index >= 15 is 0 Å². The number of carbonyl (C=O) groups excluding carboxylic acids is 1. The number of carbonyl (C=O) groups is 1. The standard InChI is InChI=1S/C3H2FNO.H2O/c4-5-2-1-3(5)6;/h1-2H;1H2. The molecule has 0 aliphatic carbocycles. The Bertz CT molecular complexity index is 112. The quantitative estimate of drug-likeness (QED) is 0.379. The van der Waals surface area contributed by atoms with Crippen molar-refractivity contribution in [3.8, 4) is 0 Å². The van der Waals surface area contributed by atoms with Gasteiger partial charge in [0.25, 0.3) is 5.91 Å². The first-order valence-corrected chi connectivity index (χ1v) is 1.48. The zero-order chi connectivity index (χ0) is 4.57. The lowest BCUT2D eigenvalue weighted by Gasteiger charge is -2.08. The van der Waals surface area contributed by atoms with E-state index in [0.29, 0.717) is 0 Å². The van der Waals surface area contributed by atoms with Crippen LogP contribution in [0, 0.1) is 0 Å². The van der Waals surface area contributed by atoms with Gasteiger partial charge in [-0.3, -0.25) is 4.79 Å². The van der Waals surface area contributed by atoms with Gasteiger partial charge >= 0.3 is 0 Å². The van der Waals surface area contributed by atoms with E-state index < -0.39 is 5.91 Å². The maximum Gasteiger partial charge on any atom is 0.280 e. The van der Waals surface area contributed by atoms with Crippen LogP contribution in [-0.2, 0) is 4.79 Å². The number of halogens is 1. The third kappa shape index (κ3) is 0.747. The van der Waals surface area contributed by atoms with Crippen LogP contribution in [0.3, 0.4) is 0 Å². The van der Waals surface area contributed by atoms with Crippen molar-refractivity contribution >= 4 is 5.91 Å². The maximum absolute atomic E-state index is 11.3. The van der Waals surface area contributed by atoms with E-state index in [1.165, 1.54) is 0 Å². The molecule has 4 heteroatoms. The molecule has 1 aliphatic heterocycles. The van der Waals surface area contributed by atoms with Crippen molar-refractivity contribution in [2.45, 2.75) is 0 Å². The Morgan fingerprint density at radius 1 is 1.71 bits per heavy atom. The molecule has 3 nitrogen and oxygen atoms in total. The molecular formula is C3H4FNO2. The van der Waals surface area contributed by atoms with Crippen molar-refractivity contribution in [1.29, 1.82) is 0 Å². The lowest BCUT2D eigenvalue weighted by molar-refractivity contribution is -0.138. The normalized spacial score (nSPS) is 15.6. The minimum absolute atomic E-state index is 0. The lowest BCUT2D eigenvalue weighted by Crippen LogP contribution is -2.21. The molecule has 1 heterocycles. The molecule has 0 aromatic carbocycles. The molecule has 0 radical (unpaired) electrons. The fourth-order valence-corrected chi connectivity index (χ4v) is 0.192. The Morgan fingerprint density at radius 3 is 2.14 bits per heavy atom. The third-order valence-electron chi connectivity index (χ3n) is 0.559. The summed E-state index contributed by atoms with van der Waals surface area (Å²) in [7, 11) is 0. The summed E-state index contributed by atoms with van der Waals surface area (Å²) >= 11 is 0. The highest BCUT2D eigenvalue weighted by Gasteiger charge is 2.13. The monoisotopic (exact) mass is 105 g/mol. The molecule has 40 valence electrons. The van der Waals surface area contributed by atoms with Crippen LogP contribution >= 0.6 is 0 Å². The maximum atomic E-state index is 11.3. The van der Waals surface area contributed by atoms with Gasteiger partial charge in [0, 0.05) is 12.3 Å². The topological polar surface area (TPSA) is 51.8 Å². The second-order valence-electron chi connectivity index (χ2n) is 0.965. The summed E-state index contributed by atoms with van der Waals surface area (Å²) in [5.74, 6) is -0.574. The molecule has 2 N–H and O–H groups in total. The van der Waals surface area contributed by atoms with Crippen LogP contribution in [0.1, 0.15) is 0 Å². The van der Waals surface area contributed by atoms with E-state index in [2.05, 4.69) is 0 Å². The predicted molar refractivity (Wildman–Crippen MR) is 20.7 cm³/mol. The summed E-state index contributed by atoms with van der Waals surface area (Å²) in [6.45, 7) is 0. The molecule has 1 aliphatic rings. The Hall–Kier alpha value is -0.900. The van der Waals surface area contributed by atoms with E-state index in [1.54, 1.807) is 0 Å². The van der Waals surface area contributed by atoms with Gasteiger partial charge in [0.1, 0.15) is 0 Å². The molecule has 0 spiro atoms. The van der Waals surface area contributed by atoms with Gasteiger partial charge in [-0.1, -0.05) is 4.48 Å². The van der Waals surface area contributed by atoms with Crippen LogP contribution in [0.15, 0.2) is 12.3 Å². The molecule has 0 saturated heterocycles. The van der Waals surface area contributed by atoms with Crippen LogP contribution in [-0.4, -0.2) is 16.5 Å². The van der Waals surface area contributed by atoms with Gasteiger partial charge in [-0.05, 0) is 0 Å². The molecule has 0 fully saturated rings. The van der Waals surface area contributed by atoms with Crippen LogP contribution in [0.5, 0.6) is 0 Å². The van der Waals surface area contributed by atoms with Gasteiger partial charge < -0.3 is 5.48 Å². The first kappa shape index (κ1) is 6.10. The molecule has 0 aromatic rings. The molecule has 7 heavy (non-hydrogen) atoms. The Labute approximate surface area is 39.3 Å². The van der Waals surface area contributed by atoms with Crippen molar-refractivity contribution in [1.82, 2.24) is 5.12 Å². The molecular weight excluding hydrogens is 101 g/mol. The Balaban J connectivity index is 0.000000360. The Morgan fingerprint density at radius 2 is 2.14 bits per heavy atom. The summed E-state index contributed by atoms with van der Waals surface area (Å²) in [5.41, 5.74) is 0. The van der Waals surface area contributed by atoms with E-state index in [4.69, 9.17) is 0 Å². The SMILES string of the molecule is O.O=C1C=CN1F. The van der Waals surface area contributed by atoms with E-state index in [-0.39, 0.29) is 10.6 Å². The number of rotatable bonds is 0. The highest BCUT2D eigenvalue weighted by molar-refractivity contribution is 5.92. The number of hydrogen-bond donors (Lipinski definition) is 0. The summed E-state index contributed by atoms with van der Waals surface area (Å²) in [6, 6.07) is 0. The van der Waals surface area contributed by atoms with E-state index in [1.807, 2.05) is 0 Å². The fraction of sp³-hybridized carbons (Fsp3) is 0. The molecule has 0 unspecified atom stereocenters. The van der Waals surface area contributed by atoms with Gasteiger partial charge in [-0.15, -0.1) is 5.12 Å². The van der Waals surface area contributed by atoms with Gasteiger partial charge in [0.2, 0.25) is 0 Å². The van der Waals surface area contributed by atoms with Gasteiger partial charge in [0.15, 0.2) is 0 Å². The van der Waals surface area contributed by atoms with Gasteiger partial charge in [0.05, 0.1) is 0 Å². The number of hydrogen-bond acceptors (Lipinski definition) is 1. The van der Waals surface area contributed by atoms with Crippen molar-refractivity contribution in [3.05, 3.63) is 12.3 Å². The average Bonchev–Trinajstić information content (AvgIpc) is 1.61. The van der Waals surface area contributed by atoms with Crippen molar-refractivity contribution < 1.29 is 14.8 Å². The largest absolute Gasteiger partial charge is 0.412 e. The van der Waals surface area contributed by atoms with Gasteiger partial charge in [-0.25, -0.2) is 0 Å². The molecule has 1 amide bonds. The minimum Gasteiger partial charge on any atom is -0.412 e. The highest BCUT2D eigenvalue weighted by Crippen LogP contribution is 2.02. The molecule has 0 atom stereocenters. The van der Waals surface area contributed by atoms with Crippen LogP contribution in [0.4, 0.5) is 4.48 Å². The molecule has 0 saturated carbocycles. The van der Waals surface area contributed by atoms with Gasteiger partial charge in [-0.2, -0.15) is 0 Å². The summed E-state index contributed by atoms with van der Waals surface area (Å²) in [5, 5.41) is 0.0278. The van der Waals surface area contributed by atoms with E-state index in [0.717, 1.165) is 12.3 Å². The summed E-state index contributed by atoms with van der Waals surface area (Å²) in [6.07, 6.45) is 2.21. The van der Waals surface area contributed by atoms with Crippen LogP contribution < -0.4 is 0 Å². The van der Waals surface area contributed by atoms with Crippen molar-refractivity contribution in [3.63, 3.8) is 0 Å². The second kappa shape index (κ2) is 1.70. The van der Waals surface area contributed by atoms with E-state index in [9.17, 15) is 9.28 Å². The van der Waals surface area contributed by atoms with Crippen molar-refractivity contribution in [2.75, 3.05) is 0 Å². The Kier molecular flexibility index (Phi) is 1.48. The number of amides is 1. The number of nitrogens with zero attached hydrogens (tertiary/aromatic N) is 1. The zero-order valence-electron chi connectivity index (χ0n) is 3.39. The highest BCUT2D eigenvalue weighted by atomic mass is 19.2. The molecule has 0 bridgehead atoms. The fourth-order valence-electron chi connectivity index (χ4n) is 0.192. The van der Waals surface area contributed by atoms with Crippen LogP contribution in [0.2, 0.25) is 0 Å². The first-order valence-electron chi connectivity index (χ1n) is 1.48. The van der Waals surface area contributed by atoms with Crippen molar-refractivity contribution in [2.24, 2.45) is 0 Å². The first-order chi connectivity index (χ1) is 2.80. The smallest absolute Gasteiger partial charge is 0.280 e. The summed E-state index contributed by atoms with van der Waals surface area (Å²) in [4.78, 5) is 9.69. The van der Waals surface area contributed by atoms with Crippen LogP contribution in [0.25, 0.3) is 0 Å². The second-order valence-corrected chi connectivity index (χ2v) is 0.965. The minimum atomic E-state index is -0.574.